The lowest BCUT2D eigenvalue weighted by Crippen LogP contribution is -2.42. The van der Waals surface area contributed by atoms with Gasteiger partial charge in [-0.2, -0.15) is 0 Å². The van der Waals surface area contributed by atoms with Crippen LogP contribution in [0, 0.1) is 5.41 Å². The third kappa shape index (κ3) is 3.61. The second-order valence-corrected chi connectivity index (χ2v) is 8.05. The first-order chi connectivity index (χ1) is 11.8. The van der Waals surface area contributed by atoms with Crippen molar-refractivity contribution in [3.05, 3.63) is 41.7 Å². The number of hydrogen-bond donors (Lipinski definition) is 1. The van der Waals surface area contributed by atoms with Crippen molar-refractivity contribution in [2.45, 2.75) is 46.8 Å². The molecule has 0 spiro atoms. The maximum atomic E-state index is 12.9. The van der Waals surface area contributed by atoms with E-state index in [2.05, 4.69) is 42.6 Å². The van der Waals surface area contributed by atoms with E-state index >= 15 is 0 Å². The number of carbonyl (C=O) groups excluding carboxylic acids is 1. The number of benzene rings is 1. The van der Waals surface area contributed by atoms with Crippen molar-refractivity contribution in [1.82, 2.24) is 19.8 Å². The molecule has 1 N–H and O–H groups in total. The van der Waals surface area contributed by atoms with E-state index in [0.29, 0.717) is 5.69 Å². The fourth-order valence-corrected chi connectivity index (χ4v) is 2.96. The fourth-order valence-electron chi connectivity index (χ4n) is 2.96. The number of hydrogen-bond acceptors (Lipinski definition) is 3. The number of rotatable bonds is 3. The molecule has 5 nitrogen and oxygen atoms in total. The minimum Gasteiger partial charge on any atom is -0.348 e. The topological polar surface area (TPSA) is 50.2 Å². The summed E-state index contributed by atoms with van der Waals surface area (Å²) in [5.41, 5.74) is 2.62. The molecule has 0 fully saturated rings. The molecular formula is C20H28N4O. The Morgan fingerprint density at radius 2 is 1.88 bits per heavy atom. The molecule has 3 rings (SSSR count). The van der Waals surface area contributed by atoms with Crippen LogP contribution < -0.4 is 5.32 Å². The van der Waals surface area contributed by atoms with Crippen molar-refractivity contribution in [1.29, 1.82) is 0 Å². The summed E-state index contributed by atoms with van der Waals surface area (Å²) in [7, 11) is 2.08. The molecule has 0 aliphatic carbocycles. The summed E-state index contributed by atoms with van der Waals surface area (Å²) in [4.78, 5) is 19.9. The molecule has 25 heavy (non-hydrogen) atoms. The molecule has 5 heteroatoms. The van der Waals surface area contributed by atoms with Crippen molar-refractivity contribution >= 4 is 5.91 Å². The van der Waals surface area contributed by atoms with Crippen molar-refractivity contribution in [3.63, 3.8) is 0 Å². The highest BCUT2D eigenvalue weighted by atomic mass is 16.2. The lowest BCUT2D eigenvalue weighted by Gasteiger charge is -2.28. The average Bonchev–Trinajstić information content (AvgIpc) is 2.93. The first-order valence-electron chi connectivity index (χ1n) is 8.91. The second-order valence-electron chi connectivity index (χ2n) is 8.05. The third-order valence-electron chi connectivity index (χ3n) is 5.09. The normalized spacial score (nSPS) is 16.4. The van der Waals surface area contributed by atoms with Crippen LogP contribution in [0.25, 0.3) is 11.4 Å². The van der Waals surface area contributed by atoms with Crippen molar-refractivity contribution in [2.24, 2.45) is 5.41 Å². The summed E-state index contributed by atoms with van der Waals surface area (Å²) < 4.78 is 2.20. The molecule has 134 valence electrons. The van der Waals surface area contributed by atoms with E-state index in [-0.39, 0.29) is 17.4 Å². The maximum absolute atomic E-state index is 12.9. The van der Waals surface area contributed by atoms with Crippen LogP contribution in [0.3, 0.4) is 0 Å². The molecule has 0 bridgehead atoms. The number of carbonyl (C=O) groups is 1. The van der Waals surface area contributed by atoms with Gasteiger partial charge < -0.3 is 9.88 Å². The standard InChI is InChI=1S/C20H28N4O/c1-14(20(2,3)4)21-19(25)17-16-13-23(5)11-12-24(16)18(22-17)15-9-7-6-8-10-15/h6-10,14H,11-13H2,1-5H3,(H,21,25). The summed E-state index contributed by atoms with van der Waals surface area (Å²) >= 11 is 0. The zero-order chi connectivity index (χ0) is 18.2. The van der Waals surface area contributed by atoms with E-state index in [1.54, 1.807) is 0 Å². The minimum atomic E-state index is -0.0799. The molecule has 0 saturated carbocycles. The summed E-state index contributed by atoms with van der Waals surface area (Å²) in [6.07, 6.45) is 0. The summed E-state index contributed by atoms with van der Waals surface area (Å²) in [6.45, 7) is 11.0. The van der Waals surface area contributed by atoms with E-state index < -0.39 is 0 Å². The van der Waals surface area contributed by atoms with Crippen LogP contribution in [-0.4, -0.2) is 40.0 Å². The van der Waals surface area contributed by atoms with Gasteiger partial charge in [0.2, 0.25) is 0 Å². The van der Waals surface area contributed by atoms with Gasteiger partial charge in [0.15, 0.2) is 5.69 Å². The van der Waals surface area contributed by atoms with E-state index in [4.69, 9.17) is 4.98 Å². The zero-order valence-corrected chi connectivity index (χ0v) is 15.8. The zero-order valence-electron chi connectivity index (χ0n) is 15.8. The predicted molar refractivity (Wildman–Crippen MR) is 100 cm³/mol. The van der Waals surface area contributed by atoms with Gasteiger partial charge in [0.1, 0.15) is 5.82 Å². The molecule has 1 aliphatic rings. The monoisotopic (exact) mass is 340 g/mol. The van der Waals surface area contributed by atoms with Gasteiger partial charge in [-0.1, -0.05) is 51.1 Å². The Morgan fingerprint density at radius 1 is 1.20 bits per heavy atom. The molecule has 0 radical (unpaired) electrons. The molecule has 2 aromatic rings. The molecule has 1 unspecified atom stereocenters. The number of nitrogens with one attached hydrogen (secondary N) is 1. The van der Waals surface area contributed by atoms with Gasteiger partial charge in [0.25, 0.3) is 5.91 Å². The number of imidazole rings is 1. The van der Waals surface area contributed by atoms with Crippen molar-refractivity contribution in [2.75, 3.05) is 13.6 Å². The summed E-state index contributed by atoms with van der Waals surface area (Å²) in [6, 6.07) is 10.2. The average molecular weight is 340 g/mol. The van der Waals surface area contributed by atoms with Crippen LogP contribution in [0.2, 0.25) is 0 Å². The highest BCUT2D eigenvalue weighted by molar-refractivity contribution is 5.94. The van der Waals surface area contributed by atoms with Crippen LogP contribution in [0.4, 0.5) is 0 Å². The molecule has 1 aromatic carbocycles. The van der Waals surface area contributed by atoms with Gasteiger partial charge in [0, 0.05) is 31.2 Å². The Morgan fingerprint density at radius 3 is 2.52 bits per heavy atom. The highest BCUT2D eigenvalue weighted by Gasteiger charge is 2.29. The van der Waals surface area contributed by atoms with E-state index in [0.717, 1.165) is 36.7 Å². The minimum absolute atomic E-state index is 0.00844. The quantitative estimate of drug-likeness (QED) is 0.934. The number of fused-ring (bicyclic) bond motifs is 1. The van der Waals surface area contributed by atoms with Crippen molar-refractivity contribution < 1.29 is 4.79 Å². The van der Waals surface area contributed by atoms with Crippen LogP contribution in [0.1, 0.15) is 43.9 Å². The molecule has 2 heterocycles. The summed E-state index contributed by atoms with van der Waals surface area (Å²) in [5.74, 6) is 0.806. The second kappa shape index (κ2) is 6.64. The molecule has 1 amide bonds. The van der Waals surface area contributed by atoms with Crippen molar-refractivity contribution in [3.8, 4) is 11.4 Å². The summed E-state index contributed by atoms with van der Waals surface area (Å²) in [5, 5.41) is 3.13. The number of aromatic nitrogens is 2. The Labute approximate surface area is 150 Å². The molecule has 1 aliphatic heterocycles. The van der Waals surface area contributed by atoms with E-state index in [1.165, 1.54) is 0 Å². The van der Waals surface area contributed by atoms with Crippen LogP contribution in [0.15, 0.2) is 30.3 Å². The third-order valence-corrected chi connectivity index (χ3v) is 5.09. The SMILES string of the molecule is CC(NC(=O)c1nc(-c2ccccc2)n2c1CN(C)CC2)C(C)(C)C. The molecule has 0 saturated heterocycles. The highest BCUT2D eigenvalue weighted by Crippen LogP contribution is 2.26. The first kappa shape index (κ1) is 17.7. The fraction of sp³-hybridized carbons (Fsp3) is 0.500. The Kier molecular flexibility index (Phi) is 4.69. The van der Waals surface area contributed by atoms with Gasteiger partial charge in [-0.3, -0.25) is 9.69 Å². The lowest BCUT2D eigenvalue weighted by atomic mass is 9.88. The van der Waals surface area contributed by atoms with E-state index in [9.17, 15) is 4.79 Å². The van der Waals surface area contributed by atoms with Gasteiger partial charge >= 0.3 is 0 Å². The largest absolute Gasteiger partial charge is 0.348 e. The molecule has 1 aromatic heterocycles. The van der Waals surface area contributed by atoms with Gasteiger partial charge in [-0.15, -0.1) is 0 Å². The van der Waals surface area contributed by atoms with Gasteiger partial charge in [-0.25, -0.2) is 4.98 Å². The lowest BCUT2D eigenvalue weighted by molar-refractivity contribution is 0.0902. The number of likely N-dealkylation sites (N-methyl/N-ethyl adjacent to an activating group) is 1. The van der Waals surface area contributed by atoms with Gasteiger partial charge in [-0.05, 0) is 19.4 Å². The van der Waals surface area contributed by atoms with Gasteiger partial charge in [0.05, 0.1) is 5.69 Å². The number of amides is 1. The van der Waals surface area contributed by atoms with E-state index in [1.807, 2.05) is 37.3 Å². The Hall–Kier alpha value is -2.14. The smallest absolute Gasteiger partial charge is 0.272 e. The Bertz CT molecular complexity index is 758. The van der Waals surface area contributed by atoms with Crippen LogP contribution in [-0.2, 0) is 13.1 Å². The molecule has 1 atom stereocenters. The number of nitrogens with zero attached hydrogens (tertiary/aromatic N) is 3. The maximum Gasteiger partial charge on any atom is 0.272 e. The Balaban J connectivity index is 1.99. The van der Waals surface area contributed by atoms with Crippen LogP contribution >= 0.6 is 0 Å². The predicted octanol–water partition coefficient (Wildman–Crippen LogP) is 3.16. The van der Waals surface area contributed by atoms with Crippen LogP contribution in [0.5, 0.6) is 0 Å². The molecular weight excluding hydrogens is 312 g/mol. The first-order valence-corrected chi connectivity index (χ1v) is 8.91.